The maximum Gasteiger partial charge on any atom is 0.150 e. The third-order valence-corrected chi connectivity index (χ3v) is 6.01. The summed E-state index contributed by atoms with van der Waals surface area (Å²) in [6.45, 7) is 1.07. The molecule has 2 aliphatic heterocycles. The van der Waals surface area contributed by atoms with Gasteiger partial charge in [-0.3, -0.25) is 0 Å². The first-order chi connectivity index (χ1) is 8.05. The lowest BCUT2D eigenvalue weighted by atomic mass is 9.80. The largest absolute Gasteiger partial charge is 0.394 e. The highest BCUT2D eigenvalue weighted by Gasteiger charge is 2.36. The Morgan fingerprint density at radius 1 is 1.29 bits per heavy atom. The molecule has 100 valence electrons. The topological polar surface area (TPSA) is 66.4 Å². The Balaban J connectivity index is 1.98. The van der Waals surface area contributed by atoms with Crippen LogP contribution < -0.4 is 5.32 Å². The van der Waals surface area contributed by atoms with E-state index in [1.807, 2.05) is 0 Å². The van der Waals surface area contributed by atoms with E-state index in [2.05, 4.69) is 5.32 Å². The minimum atomic E-state index is -2.83. The third-order valence-electron chi connectivity index (χ3n) is 4.12. The summed E-state index contributed by atoms with van der Waals surface area (Å²) >= 11 is 0. The van der Waals surface area contributed by atoms with E-state index in [0.29, 0.717) is 11.5 Å². The van der Waals surface area contributed by atoms with E-state index < -0.39 is 9.84 Å². The van der Waals surface area contributed by atoms with Gasteiger partial charge in [0.25, 0.3) is 0 Å². The number of hydrogen-bond acceptors (Lipinski definition) is 4. The molecule has 0 aromatic heterocycles. The fourth-order valence-corrected chi connectivity index (χ4v) is 5.01. The summed E-state index contributed by atoms with van der Waals surface area (Å²) in [5.41, 5.74) is -0.213. The van der Waals surface area contributed by atoms with E-state index in [4.69, 9.17) is 0 Å². The fourth-order valence-electron chi connectivity index (χ4n) is 3.24. The summed E-state index contributed by atoms with van der Waals surface area (Å²) in [5.74, 6) is 0.894. The molecule has 0 radical (unpaired) electrons. The SMILES string of the molecule is O=S1(=O)CCCC(CC2(CO)CCCCN2)C1. The Morgan fingerprint density at radius 2 is 2.12 bits per heavy atom. The summed E-state index contributed by atoms with van der Waals surface area (Å²) in [7, 11) is -2.83. The Hall–Kier alpha value is -0.130. The monoisotopic (exact) mass is 261 g/mol. The van der Waals surface area contributed by atoms with E-state index in [0.717, 1.165) is 45.1 Å². The van der Waals surface area contributed by atoms with Gasteiger partial charge in [0.15, 0.2) is 9.84 Å². The number of hydrogen-bond donors (Lipinski definition) is 2. The van der Waals surface area contributed by atoms with Crippen molar-refractivity contribution >= 4 is 9.84 Å². The van der Waals surface area contributed by atoms with Crippen molar-refractivity contribution in [3.63, 3.8) is 0 Å². The van der Waals surface area contributed by atoms with Crippen LogP contribution in [0.25, 0.3) is 0 Å². The van der Waals surface area contributed by atoms with Crippen LogP contribution in [0.4, 0.5) is 0 Å². The van der Waals surface area contributed by atoms with Crippen molar-refractivity contribution in [2.45, 2.75) is 44.1 Å². The predicted molar refractivity (Wildman–Crippen MR) is 67.7 cm³/mol. The average molecular weight is 261 g/mol. The van der Waals surface area contributed by atoms with Gasteiger partial charge in [0.1, 0.15) is 0 Å². The van der Waals surface area contributed by atoms with E-state index in [1.54, 1.807) is 0 Å². The van der Waals surface area contributed by atoms with Crippen molar-refractivity contribution in [1.29, 1.82) is 0 Å². The third kappa shape index (κ3) is 3.42. The lowest BCUT2D eigenvalue weighted by Gasteiger charge is -2.40. The molecule has 0 spiro atoms. The molecule has 4 nitrogen and oxygen atoms in total. The Morgan fingerprint density at radius 3 is 2.71 bits per heavy atom. The molecule has 0 amide bonds. The Labute approximate surface area is 104 Å². The fraction of sp³-hybridized carbons (Fsp3) is 1.00. The van der Waals surface area contributed by atoms with Crippen LogP contribution in [-0.4, -0.2) is 43.7 Å². The standard InChI is InChI=1S/C12H23NO3S/c14-10-12(5-1-2-6-13-12)8-11-4-3-7-17(15,16)9-11/h11,13-14H,1-10H2. The molecule has 5 heteroatoms. The number of aliphatic hydroxyl groups excluding tert-OH is 1. The second-order valence-electron chi connectivity index (χ2n) is 5.65. The van der Waals surface area contributed by atoms with Crippen LogP contribution in [0.2, 0.25) is 0 Å². The van der Waals surface area contributed by atoms with Gasteiger partial charge in [-0.05, 0) is 44.6 Å². The molecule has 2 rings (SSSR count). The smallest absolute Gasteiger partial charge is 0.150 e. The maximum absolute atomic E-state index is 11.6. The number of nitrogens with one attached hydrogen (secondary N) is 1. The van der Waals surface area contributed by atoms with Crippen LogP contribution in [0.1, 0.15) is 38.5 Å². The van der Waals surface area contributed by atoms with Crippen LogP contribution in [0.15, 0.2) is 0 Å². The van der Waals surface area contributed by atoms with Crippen LogP contribution >= 0.6 is 0 Å². The summed E-state index contributed by atoms with van der Waals surface area (Å²) < 4.78 is 23.2. The number of sulfone groups is 1. The van der Waals surface area contributed by atoms with Crippen molar-refractivity contribution in [2.24, 2.45) is 5.92 Å². The van der Waals surface area contributed by atoms with Crippen molar-refractivity contribution in [3.05, 3.63) is 0 Å². The van der Waals surface area contributed by atoms with Gasteiger partial charge in [-0.1, -0.05) is 6.42 Å². The Bertz CT molecular complexity index is 347. The van der Waals surface area contributed by atoms with Crippen molar-refractivity contribution in [2.75, 3.05) is 24.7 Å². The molecule has 0 aromatic carbocycles. The molecule has 2 N–H and O–H groups in total. The van der Waals surface area contributed by atoms with E-state index >= 15 is 0 Å². The van der Waals surface area contributed by atoms with Crippen molar-refractivity contribution in [3.8, 4) is 0 Å². The molecule has 2 atom stereocenters. The normalized spacial score (nSPS) is 37.8. The van der Waals surface area contributed by atoms with E-state index in [9.17, 15) is 13.5 Å². The van der Waals surface area contributed by atoms with Gasteiger partial charge >= 0.3 is 0 Å². The molecule has 2 heterocycles. The van der Waals surface area contributed by atoms with Gasteiger partial charge in [0.2, 0.25) is 0 Å². The Kier molecular flexibility index (Phi) is 4.10. The lowest BCUT2D eigenvalue weighted by Crippen LogP contribution is -2.53. The zero-order valence-corrected chi connectivity index (χ0v) is 11.1. The molecule has 0 aromatic rings. The second kappa shape index (κ2) is 5.24. The zero-order chi connectivity index (χ0) is 12.4. The molecule has 17 heavy (non-hydrogen) atoms. The summed E-state index contributed by atoms with van der Waals surface area (Å²) in [6, 6.07) is 0. The molecular formula is C12H23NO3S. The van der Waals surface area contributed by atoms with Crippen molar-refractivity contribution in [1.82, 2.24) is 5.32 Å². The van der Waals surface area contributed by atoms with Crippen LogP contribution in [0.5, 0.6) is 0 Å². The molecular weight excluding hydrogens is 238 g/mol. The number of rotatable bonds is 3. The zero-order valence-electron chi connectivity index (χ0n) is 10.3. The van der Waals surface area contributed by atoms with Crippen LogP contribution in [0.3, 0.4) is 0 Å². The second-order valence-corrected chi connectivity index (χ2v) is 7.88. The first-order valence-corrected chi connectivity index (χ1v) is 8.44. The number of piperidine rings is 1. The van der Waals surface area contributed by atoms with Gasteiger partial charge in [-0.2, -0.15) is 0 Å². The van der Waals surface area contributed by atoms with Crippen molar-refractivity contribution < 1.29 is 13.5 Å². The average Bonchev–Trinajstić information content (AvgIpc) is 2.29. The molecule has 2 saturated heterocycles. The maximum atomic E-state index is 11.6. The lowest BCUT2D eigenvalue weighted by molar-refractivity contribution is 0.107. The van der Waals surface area contributed by atoms with Gasteiger partial charge in [0.05, 0.1) is 18.1 Å². The molecule has 0 saturated carbocycles. The minimum absolute atomic E-state index is 0.129. The first-order valence-electron chi connectivity index (χ1n) is 6.62. The quantitative estimate of drug-likeness (QED) is 0.785. The molecule has 2 unspecified atom stereocenters. The van der Waals surface area contributed by atoms with Gasteiger partial charge < -0.3 is 10.4 Å². The van der Waals surface area contributed by atoms with Gasteiger partial charge in [-0.15, -0.1) is 0 Å². The first kappa shape index (κ1) is 13.3. The van der Waals surface area contributed by atoms with E-state index in [-0.39, 0.29) is 18.1 Å². The molecule has 0 bridgehead atoms. The van der Waals surface area contributed by atoms with Crippen LogP contribution in [0, 0.1) is 5.92 Å². The van der Waals surface area contributed by atoms with E-state index in [1.165, 1.54) is 0 Å². The molecule has 0 aliphatic carbocycles. The minimum Gasteiger partial charge on any atom is -0.394 e. The van der Waals surface area contributed by atoms with Gasteiger partial charge in [-0.25, -0.2) is 8.42 Å². The van der Waals surface area contributed by atoms with Gasteiger partial charge in [0, 0.05) is 5.54 Å². The summed E-state index contributed by atoms with van der Waals surface area (Å²) in [6.07, 6.45) is 5.84. The highest BCUT2D eigenvalue weighted by molar-refractivity contribution is 7.91. The summed E-state index contributed by atoms with van der Waals surface area (Å²) in [5, 5.41) is 13.0. The highest BCUT2D eigenvalue weighted by Crippen LogP contribution is 2.31. The summed E-state index contributed by atoms with van der Waals surface area (Å²) in [4.78, 5) is 0. The molecule has 2 aliphatic rings. The highest BCUT2D eigenvalue weighted by atomic mass is 32.2. The van der Waals surface area contributed by atoms with Crippen LogP contribution in [-0.2, 0) is 9.84 Å². The number of aliphatic hydroxyl groups is 1. The predicted octanol–water partition coefficient (Wildman–Crippen LogP) is 0.706. The molecule has 2 fully saturated rings.